The molecule has 3 aromatic rings. The quantitative estimate of drug-likeness (QED) is 0.541. The van der Waals surface area contributed by atoms with Gasteiger partial charge < -0.3 is 20.1 Å². The molecule has 0 unspecified atom stereocenters. The minimum absolute atomic E-state index is 0.735. The van der Waals surface area contributed by atoms with Crippen LogP contribution in [0.4, 0.5) is 11.6 Å². The van der Waals surface area contributed by atoms with E-state index >= 15 is 0 Å². The minimum Gasteiger partial charge on any atom is -0.497 e. The molecule has 0 fully saturated rings. The number of nitrogens with zero attached hydrogens (tertiary/aromatic N) is 2. The Hall–Kier alpha value is -3.28. The molecule has 1 heterocycles. The summed E-state index contributed by atoms with van der Waals surface area (Å²) >= 11 is 0. The standard InChI is InChI=1S/C23H28N4O2/c1-17-26-22(24-14-12-18-8-10-20(28-2)11-9-18)16-23(27-17)25-15-13-19-6-4-5-7-21(19)29-3/h4-11,16H,12-15H2,1-3H3,(H2,24,25,26,27). The summed E-state index contributed by atoms with van der Waals surface area (Å²) in [5, 5.41) is 6.77. The second-order valence-electron chi connectivity index (χ2n) is 6.70. The summed E-state index contributed by atoms with van der Waals surface area (Å²) in [5.74, 6) is 4.16. The van der Waals surface area contributed by atoms with Crippen molar-refractivity contribution in [3.05, 3.63) is 71.5 Å². The van der Waals surface area contributed by atoms with Crippen LogP contribution >= 0.6 is 0 Å². The highest BCUT2D eigenvalue weighted by molar-refractivity contribution is 5.48. The van der Waals surface area contributed by atoms with Crippen LogP contribution in [0.3, 0.4) is 0 Å². The minimum atomic E-state index is 0.735. The molecule has 0 saturated carbocycles. The number of para-hydroxylation sites is 1. The third kappa shape index (κ3) is 6.10. The van der Waals surface area contributed by atoms with Gasteiger partial charge in [-0.05, 0) is 49.1 Å². The molecule has 0 aliphatic heterocycles. The molecule has 0 aliphatic carbocycles. The zero-order valence-corrected chi connectivity index (χ0v) is 17.2. The van der Waals surface area contributed by atoms with Gasteiger partial charge in [0.25, 0.3) is 0 Å². The summed E-state index contributed by atoms with van der Waals surface area (Å²) in [6.45, 7) is 3.46. The Morgan fingerprint density at radius 1 is 0.793 bits per heavy atom. The maximum absolute atomic E-state index is 5.41. The molecule has 1 aromatic heterocycles. The smallest absolute Gasteiger partial charge is 0.131 e. The normalized spacial score (nSPS) is 10.4. The van der Waals surface area contributed by atoms with Crippen molar-refractivity contribution in [2.75, 3.05) is 37.9 Å². The molecule has 152 valence electrons. The van der Waals surface area contributed by atoms with Gasteiger partial charge in [0.1, 0.15) is 29.0 Å². The maximum atomic E-state index is 5.41. The summed E-state index contributed by atoms with van der Waals surface area (Å²) in [7, 11) is 3.37. The van der Waals surface area contributed by atoms with E-state index in [4.69, 9.17) is 9.47 Å². The van der Waals surface area contributed by atoms with Gasteiger partial charge in [-0.25, -0.2) is 9.97 Å². The molecule has 6 nitrogen and oxygen atoms in total. The zero-order chi connectivity index (χ0) is 20.5. The summed E-state index contributed by atoms with van der Waals surface area (Å²) < 4.78 is 10.6. The summed E-state index contributed by atoms with van der Waals surface area (Å²) in [4.78, 5) is 8.97. The average molecular weight is 393 g/mol. The first-order valence-electron chi connectivity index (χ1n) is 9.76. The third-order valence-electron chi connectivity index (χ3n) is 4.61. The van der Waals surface area contributed by atoms with Gasteiger partial charge in [-0.1, -0.05) is 30.3 Å². The highest BCUT2D eigenvalue weighted by Gasteiger charge is 2.04. The maximum Gasteiger partial charge on any atom is 0.131 e. The predicted molar refractivity (Wildman–Crippen MR) is 117 cm³/mol. The van der Waals surface area contributed by atoms with Crippen molar-refractivity contribution in [2.24, 2.45) is 0 Å². The highest BCUT2D eigenvalue weighted by atomic mass is 16.5. The van der Waals surface area contributed by atoms with Crippen LogP contribution in [-0.4, -0.2) is 37.3 Å². The Bertz CT molecular complexity index is 913. The van der Waals surface area contributed by atoms with Crippen LogP contribution in [0.25, 0.3) is 0 Å². The van der Waals surface area contributed by atoms with Crippen LogP contribution in [-0.2, 0) is 12.8 Å². The lowest BCUT2D eigenvalue weighted by molar-refractivity contribution is 0.410. The fraction of sp³-hybridized carbons (Fsp3) is 0.304. The summed E-state index contributed by atoms with van der Waals surface area (Å²) in [5.41, 5.74) is 2.42. The molecule has 2 N–H and O–H groups in total. The fourth-order valence-corrected chi connectivity index (χ4v) is 3.11. The summed E-state index contributed by atoms with van der Waals surface area (Å²) in [6, 6.07) is 18.1. The number of benzene rings is 2. The number of aryl methyl sites for hydroxylation is 1. The van der Waals surface area contributed by atoms with Crippen molar-refractivity contribution in [3.8, 4) is 11.5 Å². The van der Waals surface area contributed by atoms with E-state index in [9.17, 15) is 0 Å². The monoisotopic (exact) mass is 392 g/mol. The van der Waals surface area contributed by atoms with Gasteiger partial charge in [-0.2, -0.15) is 0 Å². The number of anilines is 2. The van der Waals surface area contributed by atoms with E-state index in [0.29, 0.717) is 0 Å². The molecule has 0 aliphatic rings. The average Bonchev–Trinajstić information content (AvgIpc) is 2.74. The third-order valence-corrected chi connectivity index (χ3v) is 4.61. The molecule has 3 rings (SSSR count). The largest absolute Gasteiger partial charge is 0.497 e. The van der Waals surface area contributed by atoms with Gasteiger partial charge in [-0.3, -0.25) is 0 Å². The lowest BCUT2D eigenvalue weighted by atomic mass is 10.1. The van der Waals surface area contributed by atoms with Gasteiger partial charge >= 0.3 is 0 Å². The van der Waals surface area contributed by atoms with Gasteiger partial charge in [0.2, 0.25) is 0 Å². The molecule has 6 heteroatoms. The lowest BCUT2D eigenvalue weighted by Crippen LogP contribution is -2.11. The SMILES string of the molecule is COc1ccc(CCNc2cc(NCCc3ccccc3OC)nc(C)n2)cc1. The van der Waals surface area contributed by atoms with Crippen molar-refractivity contribution in [3.63, 3.8) is 0 Å². The lowest BCUT2D eigenvalue weighted by Gasteiger charge is -2.12. The highest BCUT2D eigenvalue weighted by Crippen LogP contribution is 2.18. The van der Waals surface area contributed by atoms with Gasteiger partial charge in [0.15, 0.2) is 0 Å². The second kappa shape index (κ2) is 10.3. The van der Waals surface area contributed by atoms with E-state index in [1.165, 1.54) is 11.1 Å². The molecular formula is C23H28N4O2. The van der Waals surface area contributed by atoms with Crippen molar-refractivity contribution >= 4 is 11.6 Å². The van der Waals surface area contributed by atoms with Crippen LogP contribution < -0.4 is 20.1 Å². The van der Waals surface area contributed by atoms with Crippen molar-refractivity contribution in [1.29, 1.82) is 0 Å². The molecule has 0 bridgehead atoms. The molecule has 29 heavy (non-hydrogen) atoms. The van der Waals surface area contributed by atoms with Crippen LogP contribution in [0.1, 0.15) is 17.0 Å². The second-order valence-corrected chi connectivity index (χ2v) is 6.70. The number of rotatable bonds is 10. The number of ether oxygens (including phenoxy) is 2. The van der Waals surface area contributed by atoms with E-state index in [-0.39, 0.29) is 0 Å². The molecule has 0 amide bonds. The van der Waals surface area contributed by atoms with Crippen molar-refractivity contribution in [2.45, 2.75) is 19.8 Å². The van der Waals surface area contributed by atoms with Gasteiger partial charge in [0, 0.05) is 19.2 Å². The fourth-order valence-electron chi connectivity index (χ4n) is 3.11. The summed E-state index contributed by atoms with van der Waals surface area (Å²) in [6.07, 6.45) is 1.76. The van der Waals surface area contributed by atoms with Crippen LogP contribution in [0.15, 0.2) is 54.6 Å². The zero-order valence-electron chi connectivity index (χ0n) is 17.2. The number of nitrogens with one attached hydrogen (secondary N) is 2. The first-order valence-corrected chi connectivity index (χ1v) is 9.76. The Morgan fingerprint density at radius 2 is 1.45 bits per heavy atom. The Morgan fingerprint density at radius 3 is 2.10 bits per heavy atom. The number of hydrogen-bond donors (Lipinski definition) is 2. The first kappa shape index (κ1) is 20.5. The number of aromatic nitrogens is 2. The Labute approximate surface area is 172 Å². The predicted octanol–water partition coefficient (Wildman–Crippen LogP) is 4.11. The number of methoxy groups -OCH3 is 2. The molecule has 2 aromatic carbocycles. The Balaban J connectivity index is 1.52. The number of hydrogen-bond acceptors (Lipinski definition) is 6. The van der Waals surface area contributed by atoms with Crippen LogP contribution in [0, 0.1) is 6.92 Å². The van der Waals surface area contributed by atoms with E-state index in [1.54, 1.807) is 14.2 Å². The van der Waals surface area contributed by atoms with Crippen LogP contribution in [0.2, 0.25) is 0 Å². The first-order chi connectivity index (χ1) is 14.2. The van der Waals surface area contributed by atoms with Crippen molar-refractivity contribution < 1.29 is 9.47 Å². The van der Waals surface area contributed by atoms with E-state index in [2.05, 4.69) is 38.8 Å². The van der Waals surface area contributed by atoms with Crippen molar-refractivity contribution in [1.82, 2.24) is 9.97 Å². The molecule has 0 spiro atoms. The van der Waals surface area contributed by atoms with Crippen LogP contribution in [0.5, 0.6) is 11.5 Å². The van der Waals surface area contributed by atoms with E-state index in [1.807, 2.05) is 43.3 Å². The molecule has 0 saturated heterocycles. The van der Waals surface area contributed by atoms with E-state index < -0.39 is 0 Å². The van der Waals surface area contributed by atoms with E-state index in [0.717, 1.165) is 54.9 Å². The molecule has 0 atom stereocenters. The topological polar surface area (TPSA) is 68.3 Å². The Kier molecular flexibility index (Phi) is 7.28. The van der Waals surface area contributed by atoms with Gasteiger partial charge in [0.05, 0.1) is 14.2 Å². The molecule has 0 radical (unpaired) electrons. The molecular weight excluding hydrogens is 364 g/mol. The van der Waals surface area contributed by atoms with Gasteiger partial charge in [-0.15, -0.1) is 0 Å².